The van der Waals surface area contributed by atoms with Crippen LogP contribution >= 0.6 is 0 Å². The van der Waals surface area contributed by atoms with Gasteiger partial charge in [-0.3, -0.25) is 4.79 Å². The molecule has 0 aliphatic rings. The van der Waals surface area contributed by atoms with Crippen LogP contribution in [0.15, 0.2) is 29.2 Å². The number of hydrogen-bond acceptors (Lipinski definition) is 4. The average Bonchev–Trinajstić information content (AvgIpc) is 2.25. The third-order valence-electron chi connectivity index (χ3n) is 1.91. The molecule has 1 rings (SSSR count). The smallest absolute Gasteiger partial charge is 0.240 e. The molecule has 1 aromatic rings. The highest BCUT2D eigenvalue weighted by atomic mass is 32.2. The Morgan fingerprint density at radius 1 is 1.38 bits per heavy atom. The van der Waals surface area contributed by atoms with Gasteiger partial charge in [0.25, 0.3) is 0 Å². The number of carbonyl (C=O) groups is 1. The number of likely N-dealkylation sites (N-methyl/N-ethyl adjacent to an activating group) is 1. The van der Waals surface area contributed by atoms with Gasteiger partial charge < -0.3 is 10.6 Å². The van der Waals surface area contributed by atoms with E-state index in [9.17, 15) is 13.2 Å². The Hall–Kier alpha value is -1.60. The standard InChI is InChI=1S/C9H13N3O3S/c1-11-9(13)6-12-7-4-2-3-5-8(7)16(10,14)15/h2-5,12H,6H2,1H3,(H,11,13)(H2,10,14,15). The molecule has 16 heavy (non-hydrogen) atoms. The van der Waals surface area contributed by atoms with E-state index in [0.717, 1.165) is 0 Å². The molecule has 0 unspecified atom stereocenters. The molecule has 0 atom stereocenters. The van der Waals surface area contributed by atoms with Crippen molar-refractivity contribution in [2.24, 2.45) is 5.14 Å². The fourth-order valence-electron chi connectivity index (χ4n) is 1.12. The molecule has 0 fully saturated rings. The quantitative estimate of drug-likeness (QED) is 0.663. The molecule has 6 nitrogen and oxygen atoms in total. The zero-order valence-corrected chi connectivity index (χ0v) is 9.54. The van der Waals surface area contributed by atoms with E-state index in [0.29, 0.717) is 5.69 Å². The van der Waals surface area contributed by atoms with E-state index >= 15 is 0 Å². The molecular formula is C9H13N3O3S. The summed E-state index contributed by atoms with van der Waals surface area (Å²) in [6.45, 7) is -0.0109. The molecule has 7 heteroatoms. The van der Waals surface area contributed by atoms with Crippen molar-refractivity contribution in [2.45, 2.75) is 4.90 Å². The van der Waals surface area contributed by atoms with Crippen molar-refractivity contribution in [1.29, 1.82) is 0 Å². The number of primary sulfonamides is 1. The zero-order chi connectivity index (χ0) is 12.2. The van der Waals surface area contributed by atoms with Crippen LogP contribution in [-0.4, -0.2) is 27.9 Å². The number of carbonyl (C=O) groups excluding carboxylic acids is 1. The second-order valence-electron chi connectivity index (χ2n) is 3.07. The first-order valence-electron chi connectivity index (χ1n) is 4.51. The Balaban J connectivity index is 2.93. The third kappa shape index (κ3) is 3.21. The predicted molar refractivity (Wildman–Crippen MR) is 60.4 cm³/mol. The molecule has 1 aromatic carbocycles. The number of nitrogens with one attached hydrogen (secondary N) is 2. The van der Waals surface area contributed by atoms with E-state index < -0.39 is 10.0 Å². The molecule has 0 spiro atoms. The second-order valence-corrected chi connectivity index (χ2v) is 4.60. The minimum atomic E-state index is -3.78. The molecule has 0 saturated carbocycles. The summed E-state index contributed by atoms with van der Waals surface area (Å²) < 4.78 is 22.4. The van der Waals surface area contributed by atoms with E-state index in [1.54, 1.807) is 18.2 Å². The van der Waals surface area contributed by atoms with Gasteiger partial charge in [-0.05, 0) is 12.1 Å². The Labute approximate surface area is 93.9 Å². The van der Waals surface area contributed by atoms with Gasteiger partial charge in [-0.15, -0.1) is 0 Å². The van der Waals surface area contributed by atoms with Crippen LogP contribution in [0.5, 0.6) is 0 Å². The van der Waals surface area contributed by atoms with E-state index in [2.05, 4.69) is 10.6 Å². The fraction of sp³-hybridized carbons (Fsp3) is 0.222. The van der Waals surface area contributed by atoms with E-state index in [1.807, 2.05) is 0 Å². The topological polar surface area (TPSA) is 101 Å². The number of hydrogen-bond donors (Lipinski definition) is 3. The van der Waals surface area contributed by atoms with E-state index in [1.165, 1.54) is 13.1 Å². The normalized spacial score (nSPS) is 10.9. The van der Waals surface area contributed by atoms with Gasteiger partial charge in [0.15, 0.2) is 0 Å². The Morgan fingerprint density at radius 2 is 2.00 bits per heavy atom. The lowest BCUT2D eigenvalue weighted by Gasteiger charge is -2.09. The lowest BCUT2D eigenvalue weighted by Crippen LogP contribution is -2.27. The van der Waals surface area contributed by atoms with Crippen molar-refractivity contribution in [1.82, 2.24) is 5.32 Å². The summed E-state index contributed by atoms with van der Waals surface area (Å²) in [5.41, 5.74) is 0.314. The molecule has 0 heterocycles. The number of benzene rings is 1. The van der Waals surface area contributed by atoms with Gasteiger partial charge in [-0.2, -0.15) is 0 Å². The van der Waals surface area contributed by atoms with E-state index in [4.69, 9.17) is 5.14 Å². The number of rotatable bonds is 4. The third-order valence-corrected chi connectivity index (χ3v) is 2.88. The SMILES string of the molecule is CNC(=O)CNc1ccccc1S(N)(=O)=O. The van der Waals surface area contributed by atoms with Crippen LogP contribution in [-0.2, 0) is 14.8 Å². The molecule has 4 N–H and O–H groups in total. The molecule has 0 aromatic heterocycles. The Kier molecular flexibility index (Phi) is 3.86. The molecule has 0 radical (unpaired) electrons. The summed E-state index contributed by atoms with van der Waals surface area (Å²) in [4.78, 5) is 11.0. The lowest BCUT2D eigenvalue weighted by molar-refractivity contribution is -0.118. The second kappa shape index (κ2) is 4.95. The maximum absolute atomic E-state index is 11.2. The van der Waals surface area contributed by atoms with Crippen LogP contribution in [0.4, 0.5) is 5.69 Å². The highest BCUT2D eigenvalue weighted by Crippen LogP contribution is 2.18. The van der Waals surface area contributed by atoms with Gasteiger partial charge >= 0.3 is 0 Å². The molecule has 0 bridgehead atoms. The number of nitrogens with two attached hydrogens (primary N) is 1. The summed E-state index contributed by atoms with van der Waals surface area (Å²) in [6, 6.07) is 6.13. The van der Waals surface area contributed by atoms with Crippen molar-refractivity contribution < 1.29 is 13.2 Å². The van der Waals surface area contributed by atoms with Gasteiger partial charge in [0.2, 0.25) is 15.9 Å². The van der Waals surface area contributed by atoms with Crippen molar-refractivity contribution in [3.05, 3.63) is 24.3 Å². The van der Waals surface area contributed by atoms with E-state index in [-0.39, 0.29) is 17.3 Å². The first-order chi connectivity index (χ1) is 7.45. The van der Waals surface area contributed by atoms with Crippen LogP contribution in [0, 0.1) is 0 Å². The molecule has 0 saturated heterocycles. The van der Waals surface area contributed by atoms with Crippen molar-refractivity contribution in [3.63, 3.8) is 0 Å². The number of amides is 1. The molecule has 1 amide bonds. The highest BCUT2D eigenvalue weighted by molar-refractivity contribution is 7.89. The minimum Gasteiger partial charge on any atom is -0.375 e. The Bertz CT molecular complexity index is 485. The van der Waals surface area contributed by atoms with Crippen LogP contribution < -0.4 is 15.8 Å². The number of para-hydroxylation sites is 1. The van der Waals surface area contributed by atoms with Crippen molar-refractivity contribution >= 4 is 21.6 Å². The van der Waals surface area contributed by atoms with Gasteiger partial charge in [-0.1, -0.05) is 12.1 Å². The van der Waals surface area contributed by atoms with Gasteiger partial charge in [0.1, 0.15) is 4.90 Å². The van der Waals surface area contributed by atoms with Crippen LogP contribution in [0.2, 0.25) is 0 Å². The Morgan fingerprint density at radius 3 is 2.56 bits per heavy atom. The summed E-state index contributed by atoms with van der Waals surface area (Å²) in [5, 5.41) is 10.1. The van der Waals surface area contributed by atoms with Gasteiger partial charge in [-0.25, -0.2) is 13.6 Å². The van der Waals surface area contributed by atoms with Crippen molar-refractivity contribution in [2.75, 3.05) is 18.9 Å². The zero-order valence-electron chi connectivity index (χ0n) is 8.73. The van der Waals surface area contributed by atoms with Crippen molar-refractivity contribution in [3.8, 4) is 0 Å². The summed E-state index contributed by atoms with van der Waals surface area (Å²) in [6.07, 6.45) is 0. The monoisotopic (exact) mass is 243 g/mol. The predicted octanol–water partition coefficient (Wildman–Crippen LogP) is -0.508. The maximum atomic E-state index is 11.2. The molecule has 0 aliphatic heterocycles. The van der Waals surface area contributed by atoms with Crippen LogP contribution in [0.1, 0.15) is 0 Å². The highest BCUT2D eigenvalue weighted by Gasteiger charge is 2.13. The average molecular weight is 243 g/mol. The van der Waals surface area contributed by atoms with Gasteiger partial charge in [0, 0.05) is 7.05 Å². The molecular weight excluding hydrogens is 230 g/mol. The summed E-state index contributed by atoms with van der Waals surface area (Å²) >= 11 is 0. The number of sulfonamides is 1. The maximum Gasteiger partial charge on any atom is 0.240 e. The minimum absolute atomic E-state index is 0.0109. The lowest BCUT2D eigenvalue weighted by atomic mass is 10.3. The molecule has 88 valence electrons. The fourth-order valence-corrected chi connectivity index (χ4v) is 1.84. The molecule has 0 aliphatic carbocycles. The largest absolute Gasteiger partial charge is 0.375 e. The first kappa shape index (κ1) is 12.5. The number of anilines is 1. The summed E-state index contributed by atoms with van der Waals surface area (Å²) in [5.74, 6) is -0.246. The first-order valence-corrected chi connectivity index (χ1v) is 6.06. The summed E-state index contributed by atoms with van der Waals surface area (Å²) in [7, 11) is -2.29. The van der Waals surface area contributed by atoms with Crippen LogP contribution in [0.25, 0.3) is 0 Å². The van der Waals surface area contributed by atoms with Gasteiger partial charge in [0.05, 0.1) is 12.2 Å². The van der Waals surface area contributed by atoms with Crippen LogP contribution in [0.3, 0.4) is 0 Å².